The highest BCUT2D eigenvalue weighted by Gasteiger charge is 2.31. The summed E-state index contributed by atoms with van der Waals surface area (Å²) in [7, 11) is 0. The number of likely N-dealkylation sites (tertiary alicyclic amines) is 1. The maximum atomic E-state index is 13.4. The first kappa shape index (κ1) is 36.0. The number of carbonyl (C=O) groups excluding carboxylic acids is 3. The number of aromatic nitrogens is 2. The Kier molecular flexibility index (Phi) is 11.5. The number of primary amides is 1. The number of fused-ring (bicyclic) bond motifs is 1. The van der Waals surface area contributed by atoms with E-state index in [4.69, 9.17) is 5.73 Å². The van der Waals surface area contributed by atoms with Gasteiger partial charge in [-0.15, -0.1) is 0 Å². The van der Waals surface area contributed by atoms with Crippen LogP contribution in [0.4, 0.5) is 15.3 Å². The molecule has 0 saturated carbocycles. The Morgan fingerprint density at radius 1 is 0.958 bits per heavy atom. The average Bonchev–Trinajstić information content (AvgIpc) is 3.19. The van der Waals surface area contributed by atoms with Gasteiger partial charge in [0.15, 0.2) is 0 Å². The largest absolute Gasteiger partial charge is 0.444 e. The molecule has 0 bridgehead atoms. The highest BCUT2D eigenvalue weighted by atomic mass is 16.6. The molecule has 2 aromatic carbocycles. The molecule has 1 saturated heterocycles. The minimum atomic E-state index is -0.725. The highest BCUT2D eigenvalue weighted by Crippen LogP contribution is 2.25. The van der Waals surface area contributed by atoms with Crippen LogP contribution >= 0.6 is 0 Å². The van der Waals surface area contributed by atoms with E-state index >= 15 is 0 Å². The van der Waals surface area contributed by atoms with E-state index in [1.807, 2.05) is 68.1 Å². The number of rotatable bonds is 6. The lowest BCUT2D eigenvalue weighted by Gasteiger charge is -2.38. The Morgan fingerprint density at radius 2 is 1.65 bits per heavy atom. The zero-order chi connectivity index (χ0) is 35.2. The predicted molar refractivity (Wildman–Crippen MR) is 186 cm³/mol. The summed E-state index contributed by atoms with van der Waals surface area (Å²) in [6.45, 7) is 13.0. The fraction of sp³-hybridized carbons (Fsp3) is 0.472. The van der Waals surface area contributed by atoms with Crippen LogP contribution in [0.25, 0.3) is 11.1 Å². The van der Waals surface area contributed by atoms with Crippen molar-refractivity contribution in [3.8, 4) is 11.1 Å². The maximum absolute atomic E-state index is 13.4. The van der Waals surface area contributed by atoms with Crippen molar-refractivity contribution in [1.29, 1.82) is 0 Å². The predicted octanol–water partition coefficient (Wildman–Crippen LogP) is 4.67. The lowest BCUT2D eigenvalue weighted by atomic mass is 9.99. The molecule has 4 amide bonds. The number of hydrogen-bond donors (Lipinski definition) is 2. The third kappa shape index (κ3) is 8.72. The summed E-state index contributed by atoms with van der Waals surface area (Å²) < 4.78 is 7.20. The molecule has 0 unspecified atom stereocenters. The SMILES string of the molecule is CC(C)(C)OC(N)=O.CCCn1c(=O)c(-c2cccc(C)c2C)cn(CC(=O)N2CCC(N3CCc4ccccc4NC3=O)CC2)c1=O. The minimum absolute atomic E-state index is 0.0449. The van der Waals surface area contributed by atoms with Crippen LogP contribution in [0.5, 0.6) is 0 Å². The molecule has 0 atom stereocenters. The quantitative estimate of drug-likeness (QED) is 0.393. The molecule has 2 aliphatic rings. The number of ether oxygens (including phenoxy) is 1. The summed E-state index contributed by atoms with van der Waals surface area (Å²) in [6.07, 6.45) is 3.58. The molecular formula is C36H48N6O6. The third-order valence-electron chi connectivity index (χ3n) is 8.69. The average molecular weight is 661 g/mol. The first-order chi connectivity index (χ1) is 22.7. The van der Waals surface area contributed by atoms with Crippen molar-refractivity contribution < 1.29 is 19.1 Å². The Bertz CT molecular complexity index is 1760. The maximum Gasteiger partial charge on any atom is 0.405 e. The van der Waals surface area contributed by atoms with Crippen LogP contribution in [0.3, 0.4) is 0 Å². The Morgan fingerprint density at radius 3 is 2.27 bits per heavy atom. The summed E-state index contributed by atoms with van der Waals surface area (Å²) in [5.41, 5.74) is 8.68. The highest BCUT2D eigenvalue weighted by molar-refractivity contribution is 5.91. The second-order valence-electron chi connectivity index (χ2n) is 13.3. The first-order valence-corrected chi connectivity index (χ1v) is 16.5. The summed E-state index contributed by atoms with van der Waals surface area (Å²) in [5.74, 6) is -0.165. The fourth-order valence-electron chi connectivity index (χ4n) is 6.13. The van der Waals surface area contributed by atoms with Crippen LogP contribution in [0.15, 0.2) is 58.3 Å². The van der Waals surface area contributed by atoms with Crippen LogP contribution in [-0.2, 0) is 29.0 Å². The molecule has 3 N–H and O–H groups in total. The van der Waals surface area contributed by atoms with Gasteiger partial charge in [0.1, 0.15) is 12.1 Å². The fourth-order valence-corrected chi connectivity index (χ4v) is 6.13. The van der Waals surface area contributed by atoms with Crippen LogP contribution in [0.2, 0.25) is 0 Å². The van der Waals surface area contributed by atoms with Crippen LogP contribution in [0, 0.1) is 13.8 Å². The van der Waals surface area contributed by atoms with E-state index in [-0.39, 0.29) is 36.6 Å². The van der Waals surface area contributed by atoms with Crippen molar-refractivity contribution in [2.24, 2.45) is 5.73 Å². The molecule has 5 rings (SSSR count). The summed E-state index contributed by atoms with van der Waals surface area (Å²) in [5, 5.41) is 3.03. The second kappa shape index (κ2) is 15.4. The number of aryl methyl sites for hydroxylation is 1. The van der Waals surface area contributed by atoms with Crippen molar-refractivity contribution in [1.82, 2.24) is 18.9 Å². The number of urea groups is 1. The van der Waals surface area contributed by atoms with Gasteiger partial charge in [0.05, 0.1) is 5.56 Å². The van der Waals surface area contributed by atoms with Gasteiger partial charge in [-0.2, -0.15) is 0 Å². The van der Waals surface area contributed by atoms with Crippen LogP contribution in [-0.4, -0.2) is 68.2 Å². The first-order valence-electron chi connectivity index (χ1n) is 16.5. The number of piperidine rings is 1. The third-order valence-corrected chi connectivity index (χ3v) is 8.69. The van der Waals surface area contributed by atoms with Crippen molar-refractivity contribution in [3.63, 3.8) is 0 Å². The number of nitrogens with zero attached hydrogens (tertiary/aromatic N) is 4. The van der Waals surface area contributed by atoms with E-state index in [1.54, 1.807) is 31.9 Å². The van der Waals surface area contributed by atoms with E-state index in [2.05, 4.69) is 10.1 Å². The van der Waals surface area contributed by atoms with Gasteiger partial charge in [0.2, 0.25) is 5.91 Å². The molecule has 48 heavy (non-hydrogen) atoms. The molecule has 258 valence electrons. The normalized spacial score (nSPS) is 15.1. The molecule has 0 spiro atoms. The van der Waals surface area contributed by atoms with Gasteiger partial charge < -0.3 is 25.6 Å². The topological polar surface area (TPSA) is 149 Å². The van der Waals surface area contributed by atoms with E-state index in [0.717, 1.165) is 34.4 Å². The number of para-hydroxylation sites is 1. The monoisotopic (exact) mass is 660 g/mol. The molecule has 3 aromatic rings. The van der Waals surface area contributed by atoms with E-state index in [1.165, 1.54) is 9.13 Å². The zero-order valence-corrected chi connectivity index (χ0v) is 28.9. The molecule has 1 aromatic heterocycles. The van der Waals surface area contributed by atoms with Crippen LogP contribution < -0.4 is 22.3 Å². The lowest BCUT2D eigenvalue weighted by molar-refractivity contribution is -0.133. The van der Waals surface area contributed by atoms with Gasteiger partial charge in [0.25, 0.3) is 5.56 Å². The second-order valence-corrected chi connectivity index (χ2v) is 13.3. The lowest BCUT2D eigenvalue weighted by Crippen LogP contribution is -2.51. The minimum Gasteiger partial charge on any atom is -0.444 e. The molecular weight excluding hydrogens is 612 g/mol. The number of amides is 4. The van der Waals surface area contributed by atoms with E-state index in [9.17, 15) is 24.0 Å². The number of anilines is 1. The standard InChI is InChI=1S/C31H37N5O4.C5H11NO2/c1-4-15-36-29(38)26(25-10-7-8-21(2)22(25)3)19-34(31(36)40)20-28(37)33-16-13-24(14-17-33)35-18-12-23-9-5-6-11-27(23)32-30(35)39;1-5(2,3)8-4(6)7/h5-11,19,24H,4,12-18,20H2,1-3H3,(H,32,39);1-3H3,(H2,6,7). The van der Waals surface area contributed by atoms with Crippen molar-refractivity contribution >= 4 is 23.7 Å². The molecule has 0 aliphatic carbocycles. The van der Waals surface area contributed by atoms with Crippen molar-refractivity contribution in [2.75, 3.05) is 25.0 Å². The number of nitrogens with one attached hydrogen (secondary N) is 1. The number of benzene rings is 2. The summed E-state index contributed by atoms with van der Waals surface area (Å²) in [6, 6.07) is 13.6. The summed E-state index contributed by atoms with van der Waals surface area (Å²) >= 11 is 0. The van der Waals surface area contributed by atoms with Crippen molar-refractivity contribution in [2.45, 2.75) is 92.0 Å². The molecule has 2 aliphatic heterocycles. The van der Waals surface area contributed by atoms with Gasteiger partial charge in [0, 0.05) is 44.1 Å². The zero-order valence-electron chi connectivity index (χ0n) is 28.9. The number of carbonyl (C=O) groups is 3. The van der Waals surface area contributed by atoms with Gasteiger partial charge in [-0.05, 0) is 88.6 Å². The molecule has 0 radical (unpaired) electrons. The van der Waals surface area contributed by atoms with Gasteiger partial charge in [-0.25, -0.2) is 14.4 Å². The molecule has 12 nitrogen and oxygen atoms in total. The van der Waals surface area contributed by atoms with Crippen LogP contribution in [0.1, 0.15) is 63.6 Å². The van der Waals surface area contributed by atoms with E-state index < -0.39 is 17.4 Å². The van der Waals surface area contributed by atoms with Gasteiger partial charge >= 0.3 is 17.8 Å². The number of nitrogens with two attached hydrogens (primary N) is 1. The Balaban J connectivity index is 0.000000579. The Hall–Kier alpha value is -4.87. The molecule has 1 fully saturated rings. The number of hydrogen-bond acceptors (Lipinski definition) is 6. The summed E-state index contributed by atoms with van der Waals surface area (Å²) in [4.78, 5) is 66.6. The Labute approximate surface area is 281 Å². The van der Waals surface area contributed by atoms with Gasteiger partial charge in [-0.1, -0.05) is 43.3 Å². The molecule has 3 heterocycles. The van der Waals surface area contributed by atoms with E-state index in [0.29, 0.717) is 44.5 Å². The molecule has 12 heteroatoms. The van der Waals surface area contributed by atoms with Gasteiger partial charge in [-0.3, -0.25) is 18.7 Å². The smallest absolute Gasteiger partial charge is 0.405 e. The van der Waals surface area contributed by atoms with Crippen molar-refractivity contribution in [3.05, 3.63) is 86.2 Å².